The SMILES string of the molecule is CC(=O)OC1CC(OC(C)=O)C(OC(C)=O)C(CS[As](C)C)O1. The summed E-state index contributed by atoms with van der Waals surface area (Å²) in [7, 11) is 1.76. The van der Waals surface area contributed by atoms with Crippen molar-refractivity contribution in [1.29, 1.82) is 0 Å². The van der Waals surface area contributed by atoms with E-state index in [0.717, 1.165) is 0 Å². The summed E-state index contributed by atoms with van der Waals surface area (Å²) >= 11 is -0.985. The number of carbonyl (C=O) groups is 3. The van der Waals surface area contributed by atoms with Gasteiger partial charge in [0, 0.05) is 0 Å². The van der Waals surface area contributed by atoms with Crippen LogP contribution in [-0.4, -0.2) is 61.8 Å². The first-order valence-corrected chi connectivity index (χ1v) is 14.2. The van der Waals surface area contributed by atoms with Gasteiger partial charge in [-0.15, -0.1) is 0 Å². The van der Waals surface area contributed by atoms with Gasteiger partial charge >= 0.3 is 144 Å². The Kier molecular flexibility index (Phi) is 8.43. The second-order valence-corrected chi connectivity index (χ2v) is 14.7. The molecule has 0 aromatic rings. The van der Waals surface area contributed by atoms with Crippen LogP contribution in [0.15, 0.2) is 0 Å². The molecule has 23 heavy (non-hydrogen) atoms. The van der Waals surface area contributed by atoms with E-state index in [1.54, 1.807) is 10.0 Å². The molecule has 1 aliphatic heterocycles. The molecular weight excluding hydrogens is 387 g/mol. The van der Waals surface area contributed by atoms with Crippen LogP contribution >= 0.6 is 10.0 Å². The third kappa shape index (κ3) is 7.59. The number of carbonyl (C=O) groups excluding carboxylic acids is 3. The molecule has 9 heteroatoms. The third-order valence-electron chi connectivity index (χ3n) is 2.90. The van der Waals surface area contributed by atoms with Crippen LogP contribution in [-0.2, 0) is 33.3 Å². The Morgan fingerprint density at radius 1 is 1.04 bits per heavy atom. The Morgan fingerprint density at radius 2 is 1.61 bits per heavy atom. The van der Waals surface area contributed by atoms with Gasteiger partial charge in [-0.25, -0.2) is 0 Å². The molecule has 0 spiro atoms. The molecule has 0 N–H and O–H groups in total. The summed E-state index contributed by atoms with van der Waals surface area (Å²) in [6, 6.07) is 0. The Morgan fingerprint density at radius 3 is 2.09 bits per heavy atom. The monoisotopic (exact) mass is 410 g/mol. The van der Waals surface area contributed by atoms with E-state index < -0.39 is 56.0 Å². The van der Waals surface area contributed by atoms with Crippen molar-refractivity contribution in [3.8, 4) is 0 Å². The number of ether oxygens (including phenoxy) is 4. The molecule has 1 fully saturated rings. The number of hydrogen-bond acceptors (Lipinski definition) is 8. The molecule has 1 saturated heterocycles. The van der Waals surface area contributed by atoms with Gasteiger partial charge < -0.3 is 0 Å². The van der Waals surface area contributed by atoms with Crippen molar-refractivity contribution in [3.05, 3.63) is 0 Å². The van der Waals surface area contributed by atoms with Gasteiger partial charge in [-0.3, -0.25) is 0 Å². The van der Waals surface area contributed by atoms with Gasteiger partial charge in [0.25, 0.3) is 0 Å². The van der Waals surface area contributed by atoms with E-state index >= 15 is 0 Å². The van der Waals surface area contributed by atoms with Crippen molar-refractivity contribution < 1.29 is 33.3 Å². The van der Waals surface area contributed by atoms with Crippen molar-refractivity contribution in [2.75, 3.05) is 5.75 Å². The maximum absolute atomic E-state index is 11.4. The topological polar surface area (TPSA) is 88.1 Å². The normalized spacial score (nSPS) is 27.4. The molecule has 0 aromatic heterocycles. The van der Waals surface area contributed by atoms with E-state index in [2.05, 4.69) is 11.4 Å². The van der Waals surface area contributed by atoms with Crippen LogP contribution in [0.2, 0.25) is 11.4 Å². The number of esters is 3. The molecule has 0 aliphatic carbocycles. The first-order valence-electron chi connectivity index (χ1n) is 7.16. The minimum absolute atomic E-state index is 0.137. The Balaban J connectivity index is 2.92. The summed E-state index contributed by atoms with van der Waals surface area (Å²) in [6.45, 7) is 3.87. The Bertz CT molecular complexity index is 443. The molecule has 4 unspecified atom stereocenters. The van der Waals surface area contributed by atoms with Crippen LogP contribution in [0.5, 0.6) is 0 Å². The van der Waals surface area contributed by atoms with E-state index in [-0.39, 0.29) is 6.42 Å². The van der Waals surface area contributed by atoms with Crippen LogP contribution in [0.3, 0.4) is 0 Å². The van der Waals surface area contributed by atoms with Gasteiger partial charge in [-0.1, -0.05) is 0 Å². The summed E-state index contributed by atoms with van der Waals surface area (Å²) in [5, 5.41) is 0. The van der Waals surface area contributed by atoms with Crippen molar-refractivity contribution >= 4 is 41.4 Å². The van der Waals surface area contributed by atoms with Gasteiger partial charge in [0.1, 0.15) is 0 Å². The van der Waals surface area contributed by atoms with Crippen LogP contribution < -0.4 is 0 Å². The molecular formula is C14H23AsO7S. The first kappa shape index (κ1) is 20.3. The zero-order valence-corrected chi connectivity index (χ0v) is 16.6. The van der Waals surface area contributed by atoms with Crippen LogP contribution in [0.25, 0.3) is 0 Å². The van der Waals surface area contributed by atoms with Gasteiger partial charge in [0.2, 0.25) is 0 Å². The second-order valence-electron chi connectivity index (χ2n) is 5.28. The van der Waals surface area contributed by atoms with E-state index in [0.29, 0.717) is 5.75 Å². The fourth-order valence-electron chi connectivity index (χ4n) is 2.18. The Labute approximate surface area is 144 Å². The molecule has 0 amide bonds. The molecule has 1 heterocycles. The van der Waals surface area contributed by atoms with E-state index in [1.165, 1.54) is 20.8 Å². The summed E-state index contributed by atoms with van der Waals surface area (Å²) < 4.78 is 21.5. The zero-order valence-electron chi connectivity index (χ0n) is 13.9. The quantitative estimate of drug-likeness (QED) is 0.370. The Hall–Kier alpha value is -0.722. The first-order chi connectivity index (χ1) is 10.7. The predicted molar refractivity (Wildman–Crippen MR) is 86.1 cm³/mol. The molecule has 0 radical (unpaired) electrons. The van der Waals surface area contributed by atoms with Crippen molar-refractivity contribution in [2.45, 2.75) is 63.2 Å². The molecule has 132 valence electrons. The summed E-state index contributed by atoms with van der Waals surface area (Å²) in [6.07, 6.45) is -2.58. The third-order valence-corrected chi connectivity index (χ3v) is 8.08. The number of hydrogen-bond donors (Lipinski definition) is 0. The van der Waals surface area contributed by atoms with Crippen LogP contribution in [0.1, 0.15) is 27.2 Å². The van der Waals surface area contributed by atoms with Gasteiger partial charge in [0.15, 0.2) is 0 Å². The van der Waals surface area contributed by atoms with Crippen LogP contribution in [0.4, 0.5) is 0 Å². The van der Waals surface area contributed by atoms with Crippen molar-refractivity contribution in [2.24, 2.45) is 0 Å². The van der Waals surface area contributed by atoms with Gasteiger partial charge in [0.05, 0.1) is 0 Å². The van der Waals surface area contributed by atoms with E-state index in [9.17, 15) is 14.4 Å². The predicted octanol–water partition coefficient (Wildman–Crippen LogP) is 1.51. The van der Waals surface area contributed by atoms with E-state index in [1.807, 2.05) is 0 Å². The summed E-state index contributed by atoms with van der Waals surface area (Å²) in [5.74, 6) is -0.854. The van der Waals surface area contributed by atoms with Gasteiger partial charge in [-0.05, 0) is 0 Å². The standard InChI is InChI=1S/C14H23AsO7S/c1-8(16)19-11-6-13(20-9(2)17)22-12(7-23-15(4)5)14(11)21-10(3)18/h11-14H,6-7H2,1-5H3. The summed E-state index contributed by atoms with van der Waals surface area (Å²) in [4.78, 5) is 33.9. The van der Waals surface area contributed by atoms with Crippen LogP contribution in [0, 0.1) is 0 Å². The fraction of sp³-hybridized carbons (Fsp3) is 0.786. The molecule has 1 aliphatic rings. The van der Waals surface area contributed by atoms with Crippen molar-refractivity contribution in [1.82, 2.24) is 0 Å². The summed E-state index contributed by atoms with van der Waals surface area (Å²) in [5.41, 5.74) is 4.35. The minimum atomic E-state index is -0.985. The van der Waals surface area contributed by atoms with Gasteiger partial charge in [-0.2, -0.15) is 0 Å². The molecule has 4 atom stereocenters. The molecule has 0 bridgehead atoms. The zero-order chi connectivity index (χ0) is 17.6. The van der Waals surface area contributed by atoms with Crippen molar-refractivity contribution in [3.63, 3.8) is 0 Å². The number of rotatable bonds is 6. The maximum atomic E-state index is 11.4. The van der Waals surface area contributed by atoms with E-state index in [4.69, 9.17) is 18.9 Å². The fourth-order valence-corrected chi connectivity index (χ4v) is 5.70. The molecule has 0 saturated carbocycles. The molecule has 7 nitrogen and oxygen atoms in total. The average Bonchev–Trinajstić information content (AvgIpc) is 2.37. The molecule has 1 rings (SSSR count). The average molecular weight is 410 g/mol. The molecule has 0 aromatic carbocycles. The second kappa shape index (κ2) is 9.54.